The lowest BCUT2D eigenvalue weighted by Gasteiger charge is -2.55. The smallest absolute Gasteiger partial charge is 0.217 e. The molecule has 0 spiro atoms. The lowest BCUT2D eigenvalue weighted by atomic mass is 9.65. The van der Waals surface area contributed by atoms with Crippen LogP contribution in [0.4, 0.5) is 0 Å². The van der Waals surface area contributed by atoms with Gasteiger partial charge in [-0.05, 0) is 12.0 Å². The number of rotatable bonds is 3. The molecule has 4 heteroatoms. The average molecular weight is 299 g/mol. The molecular weight excluding hydrogens is 274 g/mol. The molecule has 4 heterocycles. The van der Waals surface area contributed by atoms with Crippen molar-refractivity contribution in [1.29, 1.82) is 0 Å². The molecule has 4 nitrogen and oxygen atoms in total. The second kappa shape index (κ2) is 5.36. The predicted octanol–water partition coefficient (Wildman–Crippen LogP) is 0.981. The van der Waals surface area contributed by atoms with Crippen molar-refractivity contribution in [1.82, 2.24) is 15.1 Å². The van der Waals surface area contributed by atoms with Gasteiger partial charge in [0.2, 0.25) is 5.91 Å². The van der Waals surface area contributed by atoms with Gasteiger partial charge >= 0.3 is 0 Å². The number of nitrogens with zero attached hydrogens (tertiary/aromatic N) is 2. The highest BCUT2D eigenvalue weighted by atomic mass is 16.1. The number of hydrogen-bond donors (Lipinski definition) is 1. The number of hydrogen-bond acceptors (Lipinski definition) is 3. The zero-order valence-corrected chi connectivity index (χ0v) is 13.3. The van der Waals surface area contributed by atoms with E-state index in [0.717, 1.165) is 32.6 Å². The fourth-order valence-corrected chi connectivity index (χ4v) is 5.04. The molecule has 118 valence electrons. The van der Waals surface area contributed by atoms with Gasteiger partial charge in [0.25, 0.3) is 0 Å². The second-order valence-electron chi connectivity index (χ2n) is 7.43. The van der Waals surface area contributed by atoms with Gasteiger partial charge in [-0.25, -0.2) is 0 Å². The van der Waals surface area contributed by atoms with E-state index in [0.29, 0.717) is 12.0 Å². The lowest BCUT2D eigenvalue weighted by molar-refractivity contribution is -0.124. The Morgan fingerprint density at radius 3 is 2.41 bits per heavy atom. The monoisotopic (exact) mass is 299 g/mol. The first-order valence-corrected chi connectivity index (χ1v) is 8.40. The van der Waals surface area contributed by atoms with Crippen LogP contribution in [-0.2, 0) is 11.2 Å². The van der Waals surface area contributed by atoms with Gasteiger partial charge in [0.15, 0.2) is 0 Å². The first-order valence-electron chi connectivity index (χ1n) is 8.40. The van der Waals surface area contributed by atoms with Crippen molar-refractivity contribution >= 4 is 5.91 Å². The molecule has 1 N–H and O–H groups in total. The number of carbonyl (C=O) groups is 1. The molecule has 4 fully saturated rings. The SMILES string of the molecule is CC(=O)N[C@@H]1C2CN3CCN(C2)CC1(Cc1ccccc1)C3. The zero-order chi connectivity index (χ0) is 15.2. The van der Waals surface area contributed by atoms with Gasteiger partial charge in [-0.3, -0.25) is 4.79 Å². The van der Waals surface area contributed by atoms with E-state index in [9.17, 15) is 4.79 Å². The van der Waals surface area contributed by atoms with Crippen LogP contribution in [0.1, 0.15) is 12.5 Å². The summed E-state index contributed by atoms with van der Waals surface area (Å²) in [5.74, 6) is 0.686. The first-order chi connectivity index (χ1) is 10.6. The molecule has 3 atom stereocenters. The van der Waals surface area contributed by atoms with Crippen LogP contribution in [0.2, 0.25) is 0 Å². The van der Waals surface area contributed by atoms with Gasteiger partial charge in [-0.15, -0.1) is 0 Å². The van der Waals surface area contributed by atoms with Crippen molar-refractivity contribution < 1.29 is 4.79 Å². The maximum atomic E-state index is 11.8. The summed E-state index contributed by atoms with van der Waals surface area (Å²) in [5, 5.41) is 3.32. The Hall–Kier alpha value is -1.39. The Kier molecular flexibility index (Phi) is 3.46. The summed E-state index contributed by atoms with van der Waals surface area (Å²) >= 11 is 0. The summed E-state index contributed by atoms with van der Waals surface area (Å²) < 4.78 is 0. The highest BCUT2D eigenvalue weighted by molar-refractivity contribution is 5.73. The van der Waals surface area contributed by atoms with Gasteiger partial charge < -0.3 is 15.1 Å². The van der Waals surface area contributed by atoms with E-state index in [2.05, 4.69) is 45.4 Å². The van der Waals surface area contributed by atoms with Crippen molar-refractivity contribution in [2.75, 3.05) is 39.3 Å². The van der Waals surface area contributed by atoms with Crippen LogP contribution in [0.15, 0.2) is 30.3 Å². The van der Waals surface area contributed by atoms with Crippen molar-refractivity contribution in [3.63, 3.8) is 0 Å². The minimum absolute atomic E-state index is 0.119. The third-order valence-electron chi connectivity index (χ3n) is 5.68. The molecule has 0 aliphatic carbocycles. The Morgan fingerprint density at radius 2 is 1.82 bits per heavy atom. The topological polar surface area (TPSA) is 35.6 Å². The Morgan fingerprint density at radius 1 is 1.18 bits per heavy atom. The van der Waals surface area contributed by atoms with Crippen LogP contribution in [0, 0.1) is 11.3 Å². The number of carbonyl (C=O) groups excluding carboxylic acids is 1. The number of amides is 1. The molecule has 4 aliphatic rings. The molecule has 5 rings (SSSR count). The second-order valence-corrected chi connectivity index (χ2v) is 7.43. The maximum Gasteiger partial charge on any atom is 0.217 e. The van der Waals surface area contributed by atoms with E-state index in [4.69, 9.17) is 0 Å². The molecule has 22 heavy (non-hydrogen) atoms. The zero-order valence-electron chi connectivity index (χ0n) is 13.3. The standard InChI is InChI=1S/C18H25N3O/c1-14(22)19-17-16-10-20-7-8-21(11-16)13-18(17,12-20)9-15-5-3-2-4-6-15/h2-6,16-17H,7-13H2,1H3,(H,19,22)/t16?,17-,18?/m1/s1. The molecule has 4 bridgehead atoms. The minimum Gasteiger partial charge on any atom is -0.353 e. The van der Waals surface area contributed by atoms with Crippen LogP contribution >= 0.6 is 0 Å². The third kappa shape index (κ3) is 2.44. The quantitative estimate of drug-likeness (QED) is 0.904. The van der Waals surface area contributed by atoms with Gasteiger partial charge in [-0.2, -0.15) is 0 Å². The molecule has 0 radical (unpaired) electrons. The van der Waals surface area contributed by atoms with E-state index in [1.165, 1.54) is 18.7 Å². The van der Waals surface area contributed by atoms with Crippen molar-refractivity contribution in [2.24, 2.45) is 11.3 Å². The number of fused-ring (bicyclic) bond motifs is 1. The summed E-state index contributed by atoms with van der Waals surface area (Å²) in [6.07, 6.45) is 1.06. The van der Waals surface area contributed by atoms with Gasteiger partial charge in [0.05, 0.1) is 0 Å². The largest absolute Gasteiger partial charge is 0.353 e. The minimum atomic E-state index is 0.119. The Balaban J connectivity index is 1.69. The normalized spacial score (nSPS) is 39.5. The molecule has 0 saturated carbocycles. The summed E-state index contributed by atoms with van der Waals surface area (Å²) in [6, 6.07) is 11.1. The van der Waals surface area contributed by atoms with Crippen LogP contribution < -0.4 is 5.32 Å². The first kappa shape index (κ1) is 14.2. The number of nitrogens with one attached hydrogen (secondary N) is 1. The number of benzene rings is 1. The average Bonchev–Trinajstić information content (AvgIpc) is 2.72. The predicted molar refractivity (Wildman–Crippen MR) is 86.6 cm³/mol. The molecule has 1 amide bonds. The van der Waals surface area contributed by atoms with Crippen LogP contribution in [0.5, 0.6) is 0 Å². The molecule has 4 aliphatic heterocycles. The Bertz CT molecular complexity index is 543. The van der Waals surface area contributed by atoms with Gasteiger partial charge in [0.1, 0.15) is 0 Å². The molecule has 2 unspecified atom stereocenters. The van der Waals surface area contributed by atoms with Gasteiger partial charge in [-0.1, -0.05) is 30.3 Å². The van der Waals surface area contributed by atoms with E-state index in [1.807, 2.05) is 0 Å². The highest BCUT2D eigenvalue weighted by Crippen LogP contribution is 2.43. The van der Waals surface area contributed by atoms with Crippen LogP contribution in [0.3, 0.4) is 0 Å². The summed E-state index contributed by atoms with van der Waals surface area (Å²) in [7, 11) is 0. The van der Waals surface area contributed by atoms with Crippen LogP contribution in [0.25, 0.3) is 0 Å². The molecule has 1 aromatic rings. The van der Waals surface area contributed by atoms with E-state index >= 15 is 0 Å². The molecule has 1 aromatic carbocycles. The van der Waals surface area contributed by atoms with Crippen molar-refractivity contribution in [3.8, 4) is 0 Å². The van der Waals surface area contributed by atoms with E-state index < -0.39 is 0 Å². The molecule has 4 saturated heterocycles. The summed E-state index contributed by atoms with van der Waals surface area (Å²) in [5.41, 5.74) is 1.55. The van der Waals surface area contributed by atoms with Crippen molar-refractivity contribution in [2.45, 2.75) is 19.4 Å². The highest BCUT2D eigenvalue weighted by Gasteiger charge is 2.54. The molecular formula is C18H25N3O. The summed E-state index contributed by atoms with van der Waals surface area (Å²) in [6.45, 7) is 8.52. The van der Waals surface area contributed by atoms with E-state index in [1.54, 1.807) is 6.92 Å². The maximum absolute atomic E-state index is 11.8. The van der Waals surface area contributed by atoms with E-state index in [-0.39, 0.29) is 11.3 Å². The molecule has 0 aromatic heterocycles. The Labute approximate surface area is 132 Å². The fourth-order valence-electron chi connectivity index (χ4n) is 5.04. The fraction of sp³-hybridized carbons (Fsp3) is 0.611. The third-order valence-corrected chi connectivity index (χ3v) is 5.68. The summed E-state index contributed by atoms with van der Waals surface area (Å²) in [4.78, 5) is 17.0. The number of piperidine rings is 2. The van der Waals surface area contributed by atoms with Gasteiger partial charge in [0, 0.05) is 63.6 Å². The van der Waals surface area contributed by atoms with Crippen molar-refractivity contribution in [3.05, 3.63) is 35.9 Å². The van der Waals surface area contributed by atoms with Crippen LogP contribution in [-0.4, -0.2) is 61.0 Å². The lowest BCUT2D eigenvalue weighted by Crippen LogP contribution is -2.69.